The molecule has 2 heteroatoms. The van der Waals surface area contributed by atoms with Crippen LogP contribution in [0.5, 0.6) is 0 Å². The molecule has 8 rings (SSSR count). The van der Waals surface area contributed by atoms with E-state index < -0.39 is 0 Å². The van der Waals surface area contributed by atoms with E-state index in [2.05, 4.69) is 170 Å². The van der Waals surface area contributed by atoms with E-state index in [4.69, 9.17) is 0 Å². The lowest BCUT2D eigenvalue weighted by molar-refractivity contribution is 0.641. The number of hydrogen-bond donors (Lipinski definition) is 0. The van der Waals surface area contributed by atoms with Gasteiger partial charge in [0, 0.05) is 47.7 Å². The van der Waals surface area contributed by atoms with Gasteiger partial charge in [0.1, 0.15) is 0 Å². The Morgan fingerprint density at radius 3 is 1.86 bits per heavy atom. The summed E-state index contributed by atoms with van der Waals surface area (Å²) in [4.78, 5) is 2.43. The first-order valence-corrected chi connectivity index (χ1v) is 15.7. The van der Waals surface area contributed by atoms with Crippen LogP contribution in [0.15, 0.2) is 152 Å². The fourth-order valence-corrected chi connectivity index (χ4v) is 7.83. The average molecular weight is 570 g/mol. The van der Waals surface area contributed by atoms with Crippen LogP contribution in [0.1, 0.15) is 25.0 Å². The smallest absolute Gasteiger partial charge is 0.0547 e. The zero-order valence-corrected chi connectivity index (χ0v) is 25.1. The van der Waals surface area contributed by atoms with Crippen LogP contribution in [-0.2, 0) is 5.41 Å². The van der Waals surface area contributed by atoms with Crippen molar-refractivity contribution in [2.75, 3.05) is 4.90 Å². The number of benzene rings is 7. The molecule has 0 aliphatic carbocycles. The van der Waals surface area contributed by atoms with Crippen LogP contribution in [0.2, 0.25) is 0 Å². The Balaban J connectivity index is 1.41. The maximum absolute atomic E-state index is 2.43. The number of anilines is 3. The summed E-state index contributed by atoms with van der Waals surface area (Å²) in [5.41, 5.74) is 5.99. The number of para-hydroxylation sites is 1. The van der Waals surface area contributed by atoms with Crippen molar-refractivity contribution >= 4 is 70.1 Å². The van der Waals surface area contributed by atoms with Crippen LogP contribution in [0.3, 0.4) is 0 Å². The highest BCUT2D eigenvalue weighted by atomic mass is 32.1. The molecule has 0 spiro atoms. The normalized spacial score (nSPS) is 12.0. The highest BCUT2D eigenvalue weighted by Gasteiger charge is 2.24. The summed E-state index contributed by atoms with van der Waals surface area (Å²) in [6, 6.07) is 55.4. The van der Waals surface area contributed by atoms with Crippen molar-refractivity contribution in [2.24, 2.45) is 0 Å². The molecule has 0 aliphatic heterocycles. The third kappa shape index (κ3) is 4.21. The summed E-state index contributed by atoms with van der Waals surface area (Å²) in [6.45, 7) is 4.61. The maximum Gasteiger partial charge on any atom is 0.0547 e. The predicted octanol–water partition coefficient (Wildman–Crippen LogP) is 12.2. The Kier molecular flexibility index (Phi) is 6.06. The monoisotopic (exact) mass is 569 g/mol. The first-order chi connectivity index (χ1) is 21.1. The highest BCUT2D eigenvalue weighted by Crippen LogP contribution is 2.48. The molecule has 8 aromatic rings. The molecule has 0 bridgehead atoms. The standard InChI is InChI=1S/C41H31NS/c1-41(2,29-14-5-3-6-15-29)30-22-24-32(25-23-30)42(31-16-7-4-8-17-31)37-27-36-34-19-11-12-20-38(34)43-40(36)39-33-18-10-9-13-28(33)21-26-35(37)39/h3-27H,1-2H3. The van der Waals surface area contributed by atoms with Crippen molar-refractivity contribution in [2.45, 2.75) is 19.3 Å². The molecule has 0 unspecified atom stereocenters. The number of nitrogens with zero attached hydrogens (tertiary/aromatic N) is 1. The summed E-state index contributed by atoms with van der Waals surface area (Å²) >= 11 is 1.90. The molecule has 0 N–H and O–H groups in total. The molecule has 0 amide bonds. The number of rotatable bonds is 5. The first-order valence-electron chi connectivity index (χ1n) is 14.9. The van der Waals surface area contributed by atoms with Crippen molar-refractivity contribution in [3.05, 3.63) is 163 Å². The number of thiophene rings is 1. The summed E-state index contributed by atoms with van der Waals surface area (Å²) in [5.74, 6) is 0. The molecular formula is C41H31NS. The van der Waals surface area contributed by atoms with Gasteiger partial charge in [-0.25, -0.2) is 0 Å². The molecule has 7 aromatic carbocycles. The summed E-state index contributed by atoms with van der Waals surface area (Å²) < 4.78 is 2.67. The van der Waals surface area contributed by atoms with Crippen LogP contribution in [0, 0.1) is 0 Å². The van der Waals surface area contributed by atoms with Gasteiger partial charge in [-0.2, -0.15) is 0 Å². The van der Waals surface area contributed by atoms with Gasteiger partial charge in [-0.05, 0) is 58.3 Å². The zero-order chi connectivity index (χ0) is 29.0. The van der Waals surface area contributed by atoms with Crippen molar-refractivity contribution in [3.8, 4) is 0 Å². The fourth-order valence-electron chi connectivity index (χ4n) is 6.58. The molecule has 1 heterocycles. The third-order valence-corrected chi connectivity index (χ3v) is 10.1. The molecule has 1 nitrogen and oxygen atoms in total. The van der Waals surface area contributed by atoms with Crippen LogP contribution in [0.4, 0.5) is 17.1 Å². The van der Waals surface area contributed by atoms with Gasteiger partial charge in [-0.3, -0.25) is 0 Å². The lowest BCUT2D eigenvalue weighted by atomic mass is 9.78. The minimum Gasteiger partial charge on any atom is -0.310 e. The Hall–Kier alpha value is -4.92. The topological polar surface area (TPSA) is 3.24 Å². The molecule has 0 saturated carbocycles. The Morgan fingerprint density at radius 2 is 1.09 bits per heavy atom. The van der Waals surface area contributed by atoms with Crippen LogP contribution in [-0.4, -0.2) is 0 Å². The fraction of sp³-hybridized carbons (Fsp3) is 0.0732. The molecule has 0 aliphatic rings. The SMILES string of the molecule is CC(C)(c1ccccc1)c1ccc(N(c2ccccc2)c2cc3c4ccccc4sc3c3c2ccc2ccccc23)cc1. The van der Waals surface area contributed by atoms with Gasteiger partial charge in [-0.1, -0.05) is 129 Å². The van der Waals surface area contributed by atoms with Crippen LogP contribution >= 0.6 is 11.3 Å². The van der Waals surface area contributed by atoms with E-state index in [-0.39, 0.29) is 5.41 Å². The molecule has 0 fully saturated rings. The maximum atomic E-state index is 2.43. The Morgan fingerprint density at radius 1 is 0.488 bits per heavy atom. The molecule has 43 heavy (non-hydrogen) atoms. The van der Waals surface area contributed by atoms with Crippen molar-refractivity contribution in [1.29, 1.82) is 0 Å². The second-order valence-corrected chi connectivity index (χ2v) is 12.8. The first kappa shape index (κ1) is 25.8. The van der Waals surface area contributed by atoms with E-state index in [0.717, 1.165) is 11.4 Å². The Labute approximate surface area is 256 Å². The molecular weight excluding hydrogens is 539 g/mol. The Bertz CT molecular complexity index is 2240. The molecule has 206 valence electrons. The summed E-state index contributed by atoms with van der Waals surface area (Å²) in [6.07, 6.45) is 0. The van der Waals surface area contributed by atoms with Gasteiger partial charge in [0.05, 0.1) is 5.69 Å². The van der Waals surface area contributed by atoms with Gasteiger partial charge in [-0.15, -0.1) is 11.3 Å². The van der Waals surface area contributed by atoms with E-state index in [0.29, 0.717) is 0 Å². The minimum absolute atomic E-state index is 0.0997. The molecule has 0 saturated heterocycles. The second kappa shape index (κ2) is 10.1. The van der Waals surface area contributed by atoms with Crippen molar-refractivity contribution in [1.82, 2.24) is 0 Å². The van der Waals surface area contributed by atoms with Gasteiger partial charge in [0.25, 0.3) is 0 Å². The lowest BCUT2D eigenvalue weighted by Crippen LogP contribution is -2.19. The van der Waals surface area contributed by atoms with E-state index in [9.17, 15) is 0 Å². The predicted molar refractivity (Wildman–Crippen MR) is 188 cm³/mol. The van der Waals surface area contributed by atoms with Gasteiger partial charge in [0.15, 0.2) is 0 Å². The zero-order valence-electron chi connectivity index (χ0n) is 24.3. The van der Waals surface area contributed by atoms with E-state index in [1.54, 1.807) is 0 Å². The average Bonchev–Trinajstić information content (AvgIpc) is 3.44. The van der Waals surface area contributed by atoms with Gasteiger partial charge >= 0.3 is 0 Å². The van der Waals surface area contributed by atoms with E-state index >= 15 is 0 Å². The van der Waals surface area contributed by atoms with Crippen molar-refractivity contribution in [3.63, 3.8) is 0 Å². The van der Waals surface area contributed by atoms with Gasteiger partial charge in [0.2, 0.25) is 0 Å². The van der Waals surface area contributed by atoms with Gasteiger partial charge < -0.3 is 4.90 Å². The molecule has 0 atom stereocenters. The number of hydrogen-bond acceptors (Lipinski definition) is 2. The molecule has 0 radical (unpaired) electrons. The molecule has 1 aromatic heterocycles. The quantitative estimate of drug-likeness (QED) is 0.186. The highest BCUT2D eigenvalue weighted by molar-refractivity contribution is 7.26. The number of fused-ring (bicyclic) bond motifs is 7. The second-order valence-electron chi connectivity index (χ2n) is 11.8. The van der Waals surface area contributed by atoms with E-state index in [1.165, 1.54) is 58.5 Å². The third-order valence-electron chi connectivity index (χ3n) is 8.94. The van der Waals surface area contributed by atoms with Crippen molar-refractivity contribution < 1.29 is 0 Å². The largest absolute Gasteiger partial charge is 0.310 e. The summed E-state index contributed by atoms with van der Waals surface area (Å²) in [7, 11) is 0. The lowest BCUT2D eigenvalue weighted by Gasteiger charge is -2.30. The van der Waals surface area contributed by atoms with E-state index in [1.807, 2.05) is 11.3 Å². The van der Waals surface area contributed by atoms with Crippen LogP contribution in [0.25, 0.3) is 41.7 Å². The summed E-state index contributed by atoms with van der Waals surface area (Å²) in [5, 5.41) is 7.77. The minimum atomic E-state index is -0.0997. The van der Waals surface area contributed by atoms with Crippen LogP contribution < -0.4 is 4.90 Å².